The van der Waals surface area contributed by atoms with Gasteiger partial charge in [0, 0.05) is 37.1 Å². The monoisotopic (exact) mass is 296 g/mol. The molecular weight excluding hydrogens is 268 g/mol. The van der Waals surface area contributed by atoms with Crippen LogP contribution in [0.25, 0.3) is 0 Å². The van der Waals surface area contributed by atoms with Crippen molar-refractivity contribution in [2.24, 2.45) is 0 Å². The molecule has 0 spiro atoms. The predicted octanol–water partition coefficient (Wildman–Crippen LogP) is 2.17. The Morgan fingerprint density at radius 3 is 2.80 bits per heavy atom. The standard InChI is InChI=1S/C15H28N4S/c1-5-19(12(2)9-18(3)4)10-14-11-20-15(17-14)8-16-13-6-7-13/h11-13,16H,5-10H2,1-4H3. The number of likely N-dealkylation sites (N-methyl/N-ethyl adjacent to an activating group) is 2. The highest BCUT2D eigenvalue weighted by Gasteiger charge is 2.20. The van der Waals surface area contributed by atoms with Gasteiger partial charge in [-0.15, -0.1) is 11.3 Å². The maximum absolute atomic E-state index is 4.76. The lowest BCUT2D eigenvalue weighted by Crippen LogP contribution is -2.39. The first-order chi connectivity index (χ1) is 9.58. The second-order valence-corrected chi connectivity index (χ2v) is 7.00. The van der Waals surface area contributed by atoms with Crippen LogP contribution in [0.5, 0.6) is 0 Å². The first kappa shape index (κ1) is 15.9. The Balaban J connectivity index is 1.83. The van der Waals surface area contributed by atoms with Crippen molar-refractivity contribution >= 4 is 11.3 Å². The molecular formula is C15H28N4S. The van der Waals surface area contributed by atoms with Crippen molar-refractivity contribution in [1.82, 2.24) is 20.1 Å². The Bertz CT molecular complexity index is 400. The third kappa shape index (κ3) is 5.13. The van der Waals surface area contributed by atoms with Crippen LogP contribution < -0.4 is 5.32 Å². The van der Waals surface area contributed by atoms with Crippen molar-refractivity contribution in [2.45, 2.75) is 51.9 Å². The molecule has 114 valence electrons. The minimum absolute atomic E-state index is 0.560. The van der Waals surface area contributed by atoms with E-state index >= 15 is 0 Å². The summed E-state index contributed by atoms with van der Waals surface area (Å²) >= 11 is 1.79. The summed E-state index contributed by atoms with van der Waals surface area (Å²) in [5.41, 5.74) is 1.22. The highest BCUT2D eigenvalue weighted by Crippen LogP contribution is 2.20. The van der Waals surface area contributed by atoms with Crippen molar-refractivity contribution in [3.05, 3.63) is 16.1 Å². The second kappa shape index (κ2) is 7.50. The lowest BCUT2D eigenvalue weighted by Gasteiger charge is -2.29. The number of hydrogen-bond donors (Lipinski definition) is 1. The fourth-order valence-electron chi connectivity index (χ4n) is 2.45. The molecule has 0 aliphatic heterocycles. The molecule has 0 radical (unpaired) electrons. The lowest BCUT2D eigenvalue weighted by molar-refractivity contribution is 0.172. The molecule has 20 heavy (non-hydrogen) atoms. The SMILES string of the molecule is CCN(Cc1csc(CNC2CC2)n1)C(C)CN(C)C. The third-order valence-electron chi connectivity index (χ3n) is 3.74. The summed E-state index contributed by atoms with van der Waals surface area (Å²) in [6, 6.07) is 1.32. The van der Waals surface area contributed by atoms with Crippen LogP contribution in [0.1, 0.15) is 37.4 Å². The quantitative estimate of drug-likeness (QED) is 0.757. The third-order valence-corrected chi connectivity index (χ3v) is 4.64. The molecule has 1 aromatic heterocycles. The smallest absolute Gasteiger partial charge is 0.107 e. The van der Waals surface area contributed by atoms with Gasteiger partial charge in [-0.1, -0.05) is 6.92 Å². The number of rotatable bonds is 9. The van der Waals surface area contributed by atoms with Gasteiger partial charge in [0.25, 0.3) is 0 Å². The maximum atomic E-state index is 4.76. The zero-order chi connectivity index (χ0) is 14.5. The Labute approximate surface area is 127 Å². The van der Waals surface area contributed by atoms with Crippen molar-refractivity contribution in [2.75, 3.05) is 27.2 Å². The topological polar surface area (TPSA) is 31.4 Å². The van der Waals surface area contributed by atoms with E-state index in [0.29, 0.717) is 6.04 Å². The van der Waals surface area contributed by atoms with E-state index in [0.717, 1.165) is 32.2 Å². The Kier molecular flexibility index (Phi) is 5.96. The summed E-state index contributed by atoms with van der Waals surface area (Å²) in [5.74, 6) is 0. The van der Waals surface area contributed by atoms with E-state index in [-0.39, 0.29) is 0 Å². The number of aromatic nitrogens is 1. The lowest BCUT2D eigenvalue weighted by atomic mass is 10.2. The predicted molar refractivity (Wildman–Crippen MR) is 86.1 cm³/mol. The van der Waals surface area contributed by atoms with Crippen LogP contribution in [0.4, 0.5) is 0 Å². The van der Waals surface area contributed by atoms with E-state index in [1.807, 2.05) is 0 Å². The summed E-state index contributed by atoms with van der Waals surface area (Å²) in [6.45, 7) is 8.59. The van der Waals surface area contributed by atoms with E-state index in [1.165, 1.54) is 23.5 Å². The largest absolute Gasteiger partial charge is 0.308 e. The van der Waals surface area contributed by atoms with Crippen molar-refractivity contribution < 1.29 is 0 Å². The highest BCUT2D eigenvalue weighted by molar-refractivity contribution is 7.09. The van der Waals surface area contributed by atoms with Crippen LogP contribution in [0.15, 0.2) is 5.38 Å². The average molecular weight is 296 g/mol. The van der Waals surface area contributed by atoms with E-state index in [1.54, 1.807) is 11.3 Å². The Hall–Kier alpha value is -0.490. The number of thiazole rings is 1. The van der Waals surface area contributed by atoms with Crippen LogP contribution in [0.2, 0.25) is 0 Å². The van der Waals surface area contributed by atoms with Gasteiger partial charge in [0.1, 0.15) is 5.01 Å². The summed E-state index contributed by atoms with van der Waals surface area (Å²) in [4.78, 5) is 9.50. The minimum atomic E-state index is 0.560. The molecule has 1 aliphatic carbocycles. The molecule has 0 amide bonds. The van der Waals surface area contributed by atoms with Gasteiger partial charge in [0.05, 0.1) is 5.69 Å². The maximum Gasteiger partial charge on any atom is 0.107 e. The molecule has 1 unspecified atom stereocenters. The Morgan fingerprint density at radius 2 is 2.20 bits per heavy atom. The molecule has 1 aliphatic rings. The van der Waals surface area contributed by atoms with Gasteiger partial charge in [0.15, 0.2) is 0 Å². The van der Waals surface area contributed by atoms with Gasteiger partial charge >= 0.3 is 0 Å². The first-order valence-corrected chi connectivity index (χ1v) is 8.52. The van der Waals surface area contributed by atoms with Crippen LogP contribution >= 0.6 is 11.3 Å². The fraction of sp³-hybridized carbons (Fsp3) is 0.800. The zero-order valence-electron chi connectivity index (χ0n) is 13.2. The molecule has 4 nitrogen and oxygen atoms in total. The van der Waals surface area contributed by atoms with Gasteiger partial charge in [-0.2, -0.15) is 0 Å². The van der Waals surface area contributed by atoms with Gasteiger partial charge in [-0.25, -0.2) is 4.98 Å². The fourth-order valence-corrected chi connectivity index (χ4v) is 3.19. The molecule has 0 bridgehead atoms. The van der Waals surface area contributed by atoms with E-state index < -0.39 is 0 Å². The molecule has 1 saturated carbocycles. The Morgan fingerprint density at radius 1 is 1.45 bits per heavy atom. The molecule has 1 atom stereocenters. The molecule has 1 heterocycles. The van der Waals surface area contributed by atoms with Gasteiger partial charge in [-0.05, 0) is 40.4 Å². The highest BCUT2D eigenvalue weighted by atomic mass is 32.1. The van der Waals surface area contributed by atoms with Crippen LogP contribution in [-0.4, -0.2) is 54.1 Å². The molecule has 1 N–H and O–H groups in total. The number of hydrogen-bond acceptors (Lipinski definition) is 5. The summed E-state index contributed by atoms with van der Waals surface area (Å²) < 4.78 is 0. The molecule has 0 saturated heterocycles. The van der Waals surface area contributed by atoms with Gasteiger partial charge in [-0.3, -0.25) is 4.90 Å². The van der Waals surface area contributed by atoms with Crippen molar-refractivity contribution in [3.63, 3.8) is 0 Å². The minimum Gasteiger partial charge on any atom is -0.308 e. The molecule has 5 heteroatoms. The average Bonchev–Trinajstić information content (AvgIpc) is 3.12. The van der Waals surface area contributed by atoms with Gasteiger partial charge < -0.3 is 10.2 Å². The van der Waals surface area contributed by atoms with Crippen molar-refractivity contribution in [3.8, 4) is 0 Å². The molecule has 0 aromatic carbocycles. The first-order valence-electron chi connectivity index (χ1n) is 7.64. The van der Waals surface area contributed by atoms with Crippen molar-refractivity contribution in [1.29, 1.82) is 0 Å². The zero-order valence-corrected chi connectivity index (χ0v) is 14.0. The summed E-state index contributed by atoms with van der Waals surface area (Å²) in [6.07, 6.45) is 2.67. The van der Waals surface area contributed by atoms with E-state index in [9.17, 15) is 0 Å². The molecule has 2 rings (SSSR count). The second-order valence-electron chi connectivity index (χ2n) is 6.06. The van der Waals surface area contributed by atoms with E-state index in [4.69, 9.17) is 4.98 Å². The summed E-state index contributed by atoms with van der Waals surface area (Å²) in [7, 11) is 4.27. The van der Waals surface area contributed by atoms with Crippen LogP contribution in [0.3, 0.4) is 0 Å². The molecule has 1 fully saturated rings. The van der Waals surface area contributed by atoms with E-state index in [2.05, 4.69) is 48.4 Å². The normalized spacial score (nSPS) is 17.1. The van der Waals surface area contributed by atoms with Gasteiger partial charge in [0.2, 0.25) is 0 Å². The summed E-state index contributed by atoms with van der Waals surface area (Å²) in [5, 5.41) is 6.97. The molecule has 1 aromatic rings. The number of nitrogens with one attached hydrogen (secondary N) is 1. The number of nitrogens with zero attached hydrogens (tertiary/aromatic N) is 3. The van der Waals surface area contributed by atoms with Crippen LogP contribution in [-0.2, 0) is 13.1 Å². The van der Waals surface area contributed by atoms with Crippen LogP contribution in [0, 0.1) is 0 Å².